The number of hydrogen-bond acceptors (Lipinski definition) is 9. The number of pyridine rings is 2. The third-order valence-corrected chi connectivity index (χ3v) is 6.47. The first-order chi connectivity index (χ1) is 15.4. The van der Waals surface area contributed by atoms with Crippen molar-refractivity contribution < 1.29 is 26.5 Å². The van der Waals surface area contributed by atoms with Gasteiger partial charge in [-0.3, -0.25) is 0 Å². The number of fused-ring (bicyclic) bond motifs is 1. The van der Waals surface area contributed by atoms with Gasteiger partial charge in [0.05, 0.1) is 27.9 Å². The monoisotopic (exact) mass is 482 g/mol. The van der Waals surface area contributed by atoms with Crippen LogP contribution in [0.5, 0.6) is 0 Å². The fraction of sp³-hybridized carbons (Fsp3) is 0.235. The largest absolute Gasteiger partial charge is 0.491 e. The Hall–Kier alpha value is -3.95. The highest BCUT2D eigenvalue weighted by molar-refractivity contribution is 7.91. The Bertz CT molecular complexity index is 1510. The molecule has 16 heteroatoms. The molecule has 0 atom stereocenters. The average Bonchev–Trinajstić information content (AvgIpc) is 3.38. The van der Waals surface area contributed by atoms with Gasteiger partial charge in [-0.2, -0.15) is 13.2 Å². The number of aryl methyl sites for hydroxylation is 1. The van der Waals surface area contributed by atoms with Gasteiger partial charge in [-0.15, -0.1) is 4.68 Å². The van der Waals surface area contributed by atoms with Crippen molar-refractivity contribution in [1.82, 2.24) is 34.3 Å². The van der Waals surface area contributed by atoms with E-state index < -0.39 is 32.6 Å². The highest BCUT2D eigenvalue weighted by Gasteiger charge is 2.33. The molecule has 172 valence electrons. The van der Waals surface area contributed by atoms with Crippen molar-refractivity contribution >= 4 is 26.8 Å². The summed E-state index contributed by atoms with van der Waals surface area (Å²) in [5.41, 5.74) is -1.18. The van der Waals surface area contributed by atoms with E-state index in [4.69, 9.17) is 0 Å². The predicted molar refractivity (Wildman–Crippen MR) is 106 cm³/mol. The fourth-order valence-electron chi connectivity index (χ4n) is 3.03. The summed E-state index contributed by atoms with van der Waals surface area (Å²) in [5.74, 6) is -1.03. The lowest BCUT2D eigenvalue weighted by atomic mass is 10.3. The van der Waals surface area contributed by atoms with Crippen LogP contribution in [0, 0.1) is 10.1 Å². The number of rotatable bonds is 5. The van der Waals surface area contributed by atoms with Gasteiger partial charge in [-0.05, 0) is 23.1 Å². The van der Waals surface area contributed by atoms with Crippen LogP contribution in [-0.4, -0.2) is 53.4 Å². The number of alkyl halides is 3. The molecule has 12 nitrogen and oxygen atoms in total. The average molecular weight is 482 g/mol. The Morgan fingerprint density at radius 1 is 1.18 bits per heavy atom. The minimum absolute atomic E-state index is 0.0122. The Morgan fingerprint density at radius 3 is 2.52 bits per heavy atom. The van der Waals surface area contributed by atoms with Crippen molar-refractivity contribution in [2.75, 3.05) is 5.75 Å². The number of sulfone groups is 1. The van der Waals surface area contributed by atoms with Crippen molar-refractivity contribution in [1.29, 1.82) is 0 Å². The van der Waals surface area contributed by atoms with Crippen LogP contribution in [0.15, 0.2) is 35.6 Å². The summed E-state index contributed by atoms with van der Waals surface area (Å²) in [6.45, 7) is 1.42. The molecule has 4 heterocycles. The van der Waals surface area contributed by atoms with Crippen molar-refractivity contribution in [2.45, 2.75) is 18.0 Å². The van der Waals surface area contributed by atoms with Crippen molar-refractivity contribution in [3.63, 3.8) is 0 Å². The number of aromatic nitrogens is 7. The summed E-state index contributed by atoms with van der Waals surface area (Å²) >= 11 is 0. The second kappa shape index (κ2) is 7.58. The molecule has 0 amide bonds. The molecular weight excluding hydrogens is 469 g/mol. The first-order valence-electron chi connectivity index (χ1n) is 9.12. The number of nitro groups is 1. The van der Waals surface area contributed by atoms with Gasteiger partial charge in [-0.1, -0.05) is 11.9 Å². The van der Waals surface area contributed by atoms with Crippen LogP contribution in [0.25, 0.3) is 28.4 Å². The summed E-state index contributed by atoms with van der Waals surface area (Å²) in [7, 11) is -2.37. The Labute approximate surface area is 182 Å². The van der Waals surface area contributed by atoms with E-state index in [1.54, 1.807) is 0 Å². The molecule has 0 aliphatic carbocycles. The Kier molecular flexibility index (Phi) is 5.11. The van der Waals surface area contributed by atoms with Gasteiger partial charge in [0.2, 0.25) is 6.33 Å². The highest BCUT2D eigenvalue weighted by Crippen LogP contribution is 2.32. The molecule has 0 N–H and O–H groups in total. The molecule has 4 aromatic rings. The van der Waals surface area contributed by atoms with Gasteiger partial charge in [0.25, 0.3) is 0 Å². The van der Waals surface area contributed by atoms with E-state index in [0.29, 0.717) is 0 Å². The van der Waals surface area contributed by atoms with Crippen molar-refractivity contribution in [3.05, 3.63) is 46.5 Å². The molecule has 0 aromatic carbocycles. The van der Waals surface area contributed by atoms with E-state index in [2.05, 4.69) is 25.0 Å². The predicted octanol–water partition coefficient (Wildman–Crippen LogP) is 2.33. The third-order valence-electron chi connectivity index (χ3n) is 4.71. The Balaban J connectivity index is 1.96. The molecule has 0 saturated carbocycles. The zero-order chi connectivity index (χ0) is 24.1. The molecule has 0 radical (unpaired) electrons. The molecule has 0 aliphatic heterocycles. The van der Waals surface area contributed by atoms with Crippen LogP contribution >= 0.6 is 0 Å². The lowest BCUT2D eigenvalue weighted by Crippen LogP contribution is -2.11. The first kappa shape index (κ1) is 22.3. The maximum atomic E-state index is 13.1. The van der Waals surface area contributed by atoms with Crippen LogP contribution in [0.4, 0.5) is 19.1 Å². The van der Waals surface area contributed by atoms with Crippen LogP contribution in [-0.2, 0) is 23.1 Å². The third kappa shape index (κ3) is 3.88. The van der Waals surface area contributed by atoms with Crippen molar-refractivity contribution in [2.24, 2.45) is 7.05 Å². The molecular formula is C17H13F3N8O4S. The maximum absolute atomic E-state index is 13.1. The molecule has 0 bridgehead atoms. The SMILES string of the molecule is CCS(=O)(=O)c1ccc(-n2cnc([N+](=O)[O-])n2)nc1-c1nc2cc(C(F)(F)F)ncc2n1C. The summed E-state index contributed by atoms with van der Waals surface area (Å²) in [4.78, 5) is 25.2. The summed E-state index contributed by atoms with van der Waals surface area (Å²) in [6.07, 6.45) is -2.69. The summed E-state index contributed by atoms with van der Waals surface area (Å²) in [6, 6.07) is 3.25. The second-order valence-electron chi connectivity index (χ2n) is 6.72. The lowest BCUT2D eigenvalue weighted by Gasteiger charge is -2.10. The van der Waals surface area contributed by atoms with Gasteiger partial charge < -0.3 is 14.7 Å². The molecule has 4 aromatic heterocycles. The standard InChI is InChI=1S/C17H13F3N8O4S/c1-3-33(31,32)11-4-5-13(27-8-22-16(25-27)28(29)30)24-14(11)15-23-9-6-12(17(18,19)20)21-7-10(9)26(15)2/h4-8H,3H2,1-2H3. The van der Waals surface area contributed by atoms with Gasteiger partial charge in [0.15, 0.2) is 21.5 Å². The van der Waals surface area contributed by atoms with E-state index >= 15 is 0 Å². The minimum atomic E-state index is -4.69. The molecule has 0 unspecified atom stereocenters. The number of nitrogens with zero attached hydrogens (tertiary/aromatic N) is 8. The second-order valence-corrected chi connectivity index (χ2v) is 8.96. The smallest absolute Gasteiger partial charge is 0.390 e. The summed E-state index contributed by atoms with van der Waals surface area (Å²) in [5, 5.41) is 14.5. The van der Waals surface area contributed by atoms with Gasteiger partial charge in [0.1, 0.15) is 11.4 Å². The van der Waals surface area contributed by atoms with E-state index in [0.717, 1.165) is 23.3 Å². The Morgan fingerprint density at radius 2 is 1.91 bits per heavy atom. The summed E-state index contributed by atoms with van der Waals surface area (Å²) < 4.78 is 66.9. The van der Waals surface area contributed by atoms with Crippen LogP contribution in [0.1, 0.15) is 12.6 Å². The van der Waals surface area contributed by atoms with Crippen LogP contribution in [0.2, 0.25) is 0 Å². The topological polar surface area (TPSA) is 152 Å². The quantitative estimate of drug-likeness (QED) is 0.308. The molecule has 0 spiro atoms. The fourth-order valence-corrected chi connectivity index (χ4v) is 4.05. The lowest BCUT2D eigenvalue weighted by molar-refractivity contribution is -0.394. The van der Waals surface area contributed by atoms with E-state index in [9.17, 15) is 31.7 Å². The molecule has 0 saturated heterocycles. The van der Waals surface area contributed by atoms with E-state index in [-0.39, 0.29) is 39.0 Å². The number of imidazole rings is 1. The van der Waals surface area contributed by atoms with Gasteiger partial charge >= 0.3 is 12.1 Å². The minimum Gasteiger partial charge on any atom is -0.390 e. The molecule has 33 heavy (non-hydrogen) atoms. The highest BCUT2D eigenvalue weighted by atomic mass is 32.2. The molecule has 4 rings (SSSR count). The maximum Gasteiger partial charge on any atom is 0.491 e. The zero-order valence-corrected chi connectivity index (χ0v) is 17.7. The van der Waals surface area contributed by atoms with Crippen molar-refractivity contribution in [3.8, 4) is 17.3 Å². The molecule has 0 aliphatic rings. The van der Waals surface area contributed by atoms with Crippen LogP contribution in [0.3, 0.4) is 0 Å². The van der Waals surface area contributed by atoms with Gasteiger partial charge in [0, 0.05) is 12.1 Å². The van der Waals surface area contributed by atoms with Gasteiger partial charge in [-0.25, -0.2) is 23.4 Å². The van der Waals surface area contributed by atoms with E-state index in [1.165, 1.54) is 30.7 Å². The zero-order valence-electron chi connectivity index (χ0n) is 16.8. The van der Waals surface area contributed by atoms with Crippen LogP contribution < -0.4 is 0 Å². The molecule has 0 fully saturated rings. The van der Waals surface area contributed by atoms with E-state index in [1.807, 2.05) is 0 Å². The number of halogens is 3. The first-order valence-corrected chi connectivity index (χ1v) is 10.8. The number of hydrogen-bond donors (Lipinski definition) is 0. The normalized spacial score (nSPS) is 12.4.